The highest BCUT2D eigenvalue weighted by Crippen LogP contribution is 2.09. The molecule has 0 aliphatic rings. The van der Waals surface area contributed by atoms with Crippen molar-refractivity contribution >= 4 is 17.8 Å². The lowest BCUT2D eigenvalue weighted by Gasteiger charge is -2.20. The highest BCUT2D eigenvalue weighted by Gasteiger charge is 2.24. The minimum Gasteiger partial charge on any atom is -0.373 e. The number of rotatable bonds is 5. The predicted octanol–water partition coefficient (Wildman–Crippen LogP) is 2.56. The summed E-state index contributed by atoms with van der Waals surface area (Å²) in [4.78, 5) is 34.8. The summed E-state index contributed by atoms with van der Waals surface area (Å²) in [6, 6.07) is 7.55. The fourth-order valence-electron chi connectivity index (χ4n) is 1.75. The number of carbonyl (C=O) groups excluding carboxylic acids is 3. The van der Waals surface area contributed by atoms with Crippen LogP contribution in [0.15, 0.2) is 30.3 Å². The van der Waals surface area contributed by atoms with E-state index in [0.29, 0.717) is 0 Å². The van der Waals surface area contributed by atoms with E-state index < -0.39 is 18.1 Å². The van der Waals surface area contributed by atoms with Gasteiger partial charge in [0.1, 0.15) is 0 Å². The van der Waals surface area contributed by atoms with E-state index in [1.54, 1.807) is 30.3 Å². The van der Waals surface area contributed by atoms with Gasteiger partial charge in [0.2, 0.25) is 0 Å². The third kappa shape index (κ3) is 4.50. The molecular weight excluding hydrogens is 258 g/mol. The summed E-state index contributed by atoms with van der Waals surface area (Å²) in [6.45, 7) is 5.17. The molecule has 0 aliphatic heterocycles. The van der Waals surface area contributed by atoms with Crippen LogP contribution in [0.4, 0.5) is 4.79 Å². The van der Waals surface area contributed by atoms with Crippen LogP contribution in [0.2, 0.25) is 0 Å². The number of ketones is 1. The standard InChI is InChI=1S/C15H19NO4/c1-4-10(2)13(11(3)17)16-15(19)20-14(18)12-8-6-5-7-9-12/h5-10,13H,4H2,1-3H3,(H,16,19). The van der Waals surface area contributed by atoms with E-state index in [0.717, 1.165) is 6.42 Å². The molecule has 1 amide bonds. The number of benzene rings is 1. The van der Waals surface area contributed by atoms with Crippen LogP contribution >= 0.6 is 0 Å². The largest absolute Gasteiger partial charge is 0.415 e. The summed E-state index contributed by atoms with van der Waals surface area (Å²) in [7, 11) is 0. The number of Topliss-reactive ketones (excluding diaryl/α,β-unsaturated/α-hetero) is 1. The third-order valence-corrected chi connectivity index (χ3v) is 3.12. The van der Waals surface area contributed by atoms with E-state index in [4.69, 9.17) is 0 Å². The topological polar surface area (TPSA) is 72.5 Å². The zero-order chi connectivity index (χ0) is 15.1. The van der Waals surface area contributed by atoms with E-state index >= 15 is 0 Å². The second kappa shape index (κ2) is 7.43. The van der Waals surface area contributed by atoms with Crippen LogP contribution in [0.1, 0.15) is 37.6 Å². The summed E-state index contributed by atoms with van der Waals surface area (Å²) in [5.74, 6) is -0.926. The molecule has 0 aromatic heterocycles. The summed E-state index contributed by atoms with van der Waals surface area (Å²) in [5.41, 5.74) is 0.283. The van der Waals surface area contributed by atoms with Gasteiger partial charge in [-0.25, -0.2) is 9.59 Å². The zero-order valence-corrected chi connectivity index (χ0v) is 11.9. The fraction of sp³-hybridized carbons (Fsp3) is 0.400. The van der Waals surface area contributed by atoms with Crippen LogP contribution in [0.5, 0.6) is 0 Å². The molecule has 0 aliphatic carbocycles. The second-order valence-corrected chi connectivity index (χ2v) is 4.66. The number of hydrogen-bond donors (Lipinski definition) is 1. The van der Waals surface area contributed by atoms with Crippen molar-refractivity contribution in [1.82, 2.24) is 5.32 Å². The van der Waals surface area contributed by atoms with Gasteiger partial charge in [0, 0.05) is 0 Å². The van der Waals surface area contributed by atoms with Gasteiger partial charge in [0.05, 0.1) is 11.6 Å². The van der Waals surface area contributed by atoms with Gasteiger partial charge in [0.15, 0.2) is 5.78 Å². The first kappa shape index (κ1) is 15.9. The summed E-state index contributed by atoms with van der Waals surface area (Å²) < 4.78 is 4.67. The second-order valence-electron chi connectivity index (χ2n) is 4.66. The third-order valence-electron chi connectivity index (χ3n) is 3.12. The van der Waals surface area contributed by atoms with Gasteiger partial charge in [-0.1, -0.05) is 38.5 Å². The van der Waals surface area contributed by atoms with Gasteiger partial charge >= 0.3 is 12.1 Å². The minimum atomic E-state index is -0.903. The first-order chi connectivity index (χ1) is 9.45. The van der Waals surface area contributed by atoms with Crippen LogP contribution in [0, 0.1) is 5.92 Å². The van der Waals surface area contributed by atoms with Crippen LogP contribution in [0.25, 0.3) is 0 Å². The summed E-state index contributed by atoms with van der Waals surface area (Å²) in [6.07, 6.45) is -0.170. The van der Waals surface area contributed by atoms with Gasteiger partial charge in [-0.15, -0.1) is 0 Å². The van der Waals surface area contributed by atoms with Crippen molar-refractivity contribution in [2.75, 3.05) is 0 Å². The SMILES string of the molecule is CCC(C)C(NC(=O)OC(=O)c1ccccc1)C(C)=O. The van der Waals surface area contributed by atoms with E-state index in [1.807, 2.05) is 13.8 Å². The van der Waals surface area contributed by atoms with Crippen molar-refractivity contribution < 1.29 is 19.1 Å². The first-order valence-electron chi connectivity index (χ1n) is 6.53. The monoisotopic (exact) mass is 277 g/mol. The molecular formula is C15H19NO4. The van der Waals surface area contributed by atoms with Gasteiger partial charge in [-0.3, -0.25) is 4.79 Å². The van der Waals surface area contributed by atoms with E-state index in [2.05, 4.69) is 10.1 Å². The first-order valence-corrected chi connectivity index (χ1v) is 6.53. The van der Waals surface area contributed by atoms with E-state index in [1.165, 1.54) is 6.92 Å². The smallest absolute Gasteiger partial charge is 0.373 e. The van der Waals surface area contributed by atoms with Crippen LogP contribution in [0.3, 0.4) is 0 Å². The molecule has 5 nitrogen and oxygen atoms in total. The molecule has 108 valence electrons. The Hall–Kier alpha value is -2.17. The van der Waals surface area contributed by atoms with Crippen molar-refractivity contribution in [3.8, 4) is 0 Å². The Morgan fingerprint density at radius 3 is 2.30 bits per heavy atom. The van der Waals surface area contributed by atoms with Crippen molar-refractivity contribution in [2.45, 2.75) is 33.2 Å². The molecule has 0 fully saturated rings. The minimum absolute atomic E-state index is 0.0214. The van der Waals surface area contributed by atoms with Crippen LogP contribution in [-0.2, 0) is 9.53 Å². The lowest BCUT2D eigenvalue weighted by molar-refractivity contribution is -0.120. The highest BCUT2D eigenvalue weighted by atomic mass is 16.6. The molecule has 0 saturated carbocycles. The summed E-state index contributed by atoms with van der Waals surface area (Å²) >= 11 is 0. The molecule has 5 heteroatoms. The molecule has 0 saturated heterocycles. The molecule has 0 bridgehead atoms. The molecule has 0 heterocycles. The van der Waals surface area contributed by atoms with E-state index in [-0.39, 0.29) is 17.3 Å². The maximum Gasteiger partial charge on any atom is 0.415 e. The van der Waals surface area contributed by atoms with Gasteiger partial charge in [0.25, 0.3) is 0 Å². The molecule has 2 atom stereocenters. The van der Waals surface area contributed by atoms with Crippen molar-refractivity contribution in [3.05, 3.63) is 35.9 Å². The zero-order valence-electron chi connectivity index (χ0n) is 11.9. The number of ether oxygens (including phenoxy) is 1. The number of carbonyl (C=O) groups is 3. The van der Waals surface area contributed by atoms with Crippen molar-refractivity contribution in [3.63, 3.8) is 0 Å². The summed E-state index contributed by atoms with van der Waals surface area (Å²) in [5, 5.41) is 2.44. The molecule has 0 radical (unpaired) electrons. The normalized spacial score (nSPS) is 13.2. The number of nitrogens with one attached hydrogen (secondary N) is 1. The molecule has 0 spiro atoms. The molecule has 2 unspecified atom stereocenters. The Bertz CT molecular complexity index is 484. The number of hydrogen-bond acceptors (Lipinski definition) is 4. The maximum absolute atomic E-state index is 11.7. The number of esters is 1. The lowest BCUT2D eigenvalue weighted by atomic mass is 9.96. The Balaban J connectivity index is 2.63. The Labute approximate surface area is 118 Å². The quantitative estimate of drug-likeness (QED) is 0.663. The molecule has 1 aromatic rings. The van der Waals surface area contributed by atoms with Gasteiger partial charge in [-0.2, -0.15) is 0 Å². The fourth-order valence-corrected chi connectivity index (χ4v) is 1.75. The van der Waals surface area contributed by atoms with Crippen molar-refractivity contribution in [2.24, 2.45) is 5.92 Å². The predicted molar refractivity (Wildman–Crippen MR) is 74.3 cm³/mol. The highest BCUT2D eigenvalue weighted by molar-refractivity contribution is 5.97. The van der Waals surface area contributed by atoms with Gasteiger partial charge in [-0.05, 0) is 25.0 Å². The Kier molecular flexibility index (Phi) is 5.90. The Morgan fingerprint density at radius 1 is 1.20 bits per heavy atom. The molecule has 1 aromatic carbocycles. The maximum atomic E-state index is 11.7. The van der Waals surface area contributed by atoms with Crippen molar-refractivity contribution in [1.29, 1.82) is 0 Å². The Morgan fingerprint density at radius 2 is 1.80 bits per heavy atom. The molecule has 1 rings (SSSR count). The average Bonchev–Trinajstić information content (AvgIpc) is 2.44. The number of amides is 1. The van der Waals surface area contributed by atoms with Crippen LogP contribution < -0.4 is 5.32 Å². The lowest BCUT2D eigenvalue weighted by Crippen LogP contribution is -2.44. The molecule has 1 N–H and O–H groups in total. The number of alkyl carbamates (subject to hydrolysis) is 1. The van der Waals surface area contributed by atoms with E-state index in [9.17, 15) is 14.4 Å². The average molecular weight is 277 g/mol. The van der Waals surface area contributed by atoms with Crippen LogP contribution in [-0.4, -0.2) is 23.9 Å². The van der Waals surface area contributed by atoms with Gasteiger partial charge < -0.3 is 10.1 Å². The molecule has 20 heavy (non-hydrogen) atoms.